The standard InChI is InChI=1S/C16H16ClN3O3/c1-22-14-7-6-11(9-19-20-16(18)21)8-15(14)23-10-12-4-2-3-5-13(12)17/h2-9H,10H2,1H3,(H3,18,20,21). The Morgan fingerprint density at radius 2 is 2.09 bits per heavy atom. The van der Waals surface area contributed by atoms with E-state index < -0.39 is 6.03 Å². The van der Waals surface area contributed by atoms with E-state index >= 15 is 0 Å². The van der Waals surface area contributed by atoms with Crippen LogP contribution in [0.4, 0.5) is 4.79 Å². The van der Waals surface area contributed by atoms with E-state index in [0.717, 1.165) is 5.56 Å². The molecule has 6 nitrogen and oxygen atoms in total. The van der Waals surface area contributed by atoms with Gasteiger partial charge in [-0.15, -0.1) is 0 Å². The van der Waals surface area contributed by atoms with E-state index in [-0.39, 0.29) is 0 Å². The Balaban J connectivity index is 2.14. The third kappa shape index (κ3) is 4.89. The predicted octanol–water partition coefficient (Wildman–Crippen LogP) is 2.93. The molecule has 0 aliphatic carbocycles. The fourth-order valence-electron chi connectivity index (χ4n) is 1.83. The average molecular weight is 334 g/mol. The van der Waals surface area contributed by atoms with Gasteiger partial charge < -0.3 is 15.2 Å². The van der Waals surface area contributed by atoms with Crippen molar-refractivity contribution in [3.8, 4) is 11.5 Å². The van der Waals surface area contributed by atoms with Gasteiger partial charge in [0, 0.05) is 10.6 Å². The van der Waals surface area contributed by atoms with Gasteiger partial charge in [0.25, 0.3) is 0 Å². The molecular formula is C16H16ClN3O3. The van der Waals surface area contributed by atoms with Crippen molar-refractivity contribution in [3.05, 3.63) is 58.6 Å². The quantitative estimate of drug-likeness (QED) is 0.629. The third-order valence-electron chi connectivity index (χ3n) is 2.92. The number of hydrogen-bond donors (Lipinski definition) is 2. The first-order valence-electron chi connectivity index (χ1n) is 6.73. The summed E-state index contributed by atoms with van der Waals surface area (Å²) < 4.78 is 11.0. The highest BCUT2D eigenvalue weighted by Crippen LogP contribution is 2.29. The van der Waals surface area contributed by atoms with E-state index in [4.69, 9.17) is 26.8 Å². The van der Waals surface area contributed by atoms with Gasteiger partial charge in [0.15, 0.2) is 11.5 Å². The normalized spacial score (nSPS) is 10.5. The monoisotopic (exact) mass is 333 g/mol. The molecule has 7 heteroatoms. The lowest BCUT2D eigenvalue weighted by atomic mass is 10.2. The fraction of sp³-hybridized carbons (Fsp3) is 0.125. The van der Waals surface area contributed by atoms with E-state index in [1.54, 1.807) is 31.4 Å². The van der Waals surface area contributed by atoms with Crippen LogP contribution in [0.25, 0.3) is 0 Å². The minimum atomic E-state index is -0.732. The van der Waals surface area contributed by atoms with Gasteiger partial charge in [-0.2, -0.15) is 5.10 Å². The Morgan fingerprint density at radius 3 is 2.78 bits per heavy atom. The molecule has 0 aromatic heterocycles. The molecule has 0 atom stereocenters. The summed E-state index contributed by atoms with van der Waals surface area (Å²) in [4.78, 5) is 10.6. The van der Waals surface area contributed by atoms with Crippen LogP contribution < -0.4 is 20.6 Å². The summed E-state index contributed by atoms with van der Waals surface area (Å²) in [6.45, 7) is 0.302. The average Bonchev–Trinajstić information content (AvgIpc) is 2.54. The number of nitrogens with zero attached hydrogens (tertiary/aromatic N) is 1. The van der Waals surface area contributed by atoms with Crippen LogP contribution in [-0.2, 0) is 6.61 Å². The summed E-state index contributed by atoms with van der Waals surface area (Å²) in [5.41, 5.74) is 8.65. The second kappa shape index (κ2) is 8.05. The number of benzene rings is 2. The van der Waals surface area contributed by atoms with Gasteiger partial charge in [-0.05, 0) is 29.8 Å². The number of nitrogens with one attached hydrogen (secondary N) is 1. The Labute approximate surface area is 138 Å². The number of ether oxygens (including phenoxy) is 2. The first-order valence-corrected chi connectivity index (χ1v) is 7.10. The zero-order chi connectivity index (χ0) is 16.7. The molecule has 23 heavy (non-hydrogen) atoms. The van der Waals surface area contributed by atoms with Crippen molar-refractivity contribution in [2.75, 3.05) is 7.11 Å². The first-order chi connectivity index (χ1) is 11.1. The lowest BCUT2D eigenvalue weighted by molar-refractivity contribution is 0.249. The molecule has 0 saturated carbocycles. The lowest BCUT2D eigenvalue weighted by Crippen LogP contribution is -2.24. The molecule has 0 aliphatic rings. The Hall–Kier alpha value is -2.73. The lowest BCUT2D eigenvalue weighted by Gasteiger charge is -2.12. The molecule has 0 heterocycles. The molecule has 2 amide bonds. The minimum absolute atomic E-state index is 0.302. The van der Waals surface area contributed by atoms with Crippen molar-refractivity contribution in [2.45, 2.75) is 6.61 Å². The maximum atomic E-state index is 10.6. The van der Waals surface area contributed by atoms with E-state index in [9.17, 15) is 4.79 Å². The van der Waals surface area contributed by atoms with Gasteiger partial charge in [-0.25, -0.2) is 10.2 Å². The van der Waals surface area contributed by atoms with E-state index in [0.29, 0.717) is 28.7 Å². The summed E-state index contributed by atoms with van der Waals surface area (Å²) in [7, 11) is 1.56. The summed E-state index contributed by atoms with van der Waals surface area (Å²) in [6.07, 6.45) is 1.45. The molecule has 3 N–H and O–H groups in total. The summed E-state index contributed by atoms with van der Waals surface area (Å²) in [5.74, 6) is 1.12. The van der Waals surface area contributed by atoms with Crippen molar-refractivity contribution in [3.63, 3.8) is 0 Å². The number of methoxy groups -OCH3 is 1. The number of amides is 2. The van der Waals surface area contributed by atoms with Crippen LogP contribution in [0.2, 0.25) is 5.02 Å². The number of primary amides is 1. The molecular weight excluding hydrogens is 318 g/mol. The molecule has 0 bridgehead atoms. The molecule has 0 radical (unpaired) electrons. The fourth-order valence-corrected chi connectivity index (χ4v) is 2.02. The summed E-state index contributed by atoms with van der Waals surface area (Å²) in [6, 6.07) is 12.0. The number of rotatable bonds is 6. The minimum Gasteiger partial charge on any atom is -0.493 e. The van der Waals surface area contributed by atoms with Crippen LogP contribution in [0, 0.1) is 0 Å². The molecule has 2 rings (SSSR count). The summed E-state index contributed by atoms with van der Waals surface area (Å²) >= 11 is 6.11. The largest absolute Gasteiger partial charge is 0.493 e. The molecule has 0 fully saturated rings. The number of carbonyl (C=O) groups excluding carboxylic acids is 1. The van der Waals surface area contributed by atoms with Crippen LogP contribution in [0.5, 0.6) is 11.5 Å². The van der Waals surface area contributed by atoms with Crippen molar-refractivity contribution in [1.82, 2.24) is 5.43 Å². The van der Waals surface area contributed by atoms with Crippen LogP contribution in [-0.4, -0.2) is 19.4 Å². The maximum Gasteiger partial charge on any atom is 0.332 e. The van der Waals surface area contributed by atoms with E-state index in [1.807, 2.05) is 18.2 Å². The number of hydrazone groups is 1. The number of halogens is 1. The molecule has 2 aromatic carbocycles. The molecule has 0 aliphatic heterocycles. The second-order valence-corrected chi connectivity index (χ2v) is 4.93. The van der Waals surface area contributed by atoms with Crippen LogP contribution in [0.15, 0.2) is 47.6 Å². The second-order valence-electron chi connectivity index (χ2n) is 4.52. The van der Waals surface area contributed by atoms with E-state index in [2.05, 4.69) is 10.5 Å². The SMILES string of the molecule is COc1ccc(C=NNC(N)=O)cc1OCc1ccccc1Cl. The van der Waals surface area contributed by atoms with Gasteiger partial charge in [-0.3, -0.25) is 0 Å². The van der Waals surface area contributed by atoms with Gasteiger partial charge in [0.2, 0.25) is 0 Å². The molecule has 0 saturated heterocycles. The molecule has 120 valence electrons. The molecule has 0 unspecified atom stereocenters. The number of nitrogens with two attached hydrogens (primary N) is 1. The molecule has 2 aromatic rings. The number of hydrogen-bond acceptors (Lipinski definition) is 4. The topological polar surface area (TPSA) is 85.9 Å². The van der Waals surface area contributed by atoms with Crippen LogP contribution in [0.1, 0.15) is 11.1 Å². The smallest absolute Gasteiger partial charge is 0.332 e. The highest BCUT2D eigenvalue weighted by Gasteiger charge is 2.07. The predicted molar refractivity (Wildman–Crippen MR) is 89.1 cm³/mol. The number of carbonyl (C=O) groups is 1. The highest BCUT2D eigenvalue weighted by molar-refractivity contribution is 6.31. The third-order valence-corrected chi connectivity index (χ3v) is 3.29. The highest BCUT2D eigenvalue weighted by atomic mass is 35.5. The van der Waals surface area contributed by atoms with Crippen molar-refractivity contribution < 1.29 is 14.3 Å². The summed E-state index contributed by atoms with van der Waals surface area (Å²) in [5, 5.41) is 4.34. The van der Waals surface area contributed by atoms with Gasteiger partial charge in [0.1, 0.15) is 6.61 Å². The van der Waals surface area contributed by atoms with Gasteiger partial charge in [-0.1, -0.05) is 29.8 Å². The Morgan fingerprint density at radius 1 is 1.30 bits per heavy atom. The maximum absolute atomic E-state index is 10.6. The zero-order valence-corrected chi connectivity index (χ0v) is 13.2. The van der Waals surface area contributed by atoms with Crippen LogP contribution in [0.3, 0.4) is 0 Å². The van der Waals surface area contributed by atoms with E-state index in [1.165, 1.54) is 6.21 Å². The van der Waals surface area contributed by atoms with Crippen LogP contribution >= 0.6 is 11.6 Å². The van der Waals surface area contributed by atoms with Crippen molar-refractivity contribution in [1.29, 1.82) is 0 Å². The Bertz CT molecular complexity index is 719. The van der Waals surface area contributed by atoms with Crippen molar-refractivity contribution in [2.24, 2.45) is 10.8 Å². The first kappa shape index (κ1) is 16.6. The zero-order valence-electron chi connectivity index (χ0n) is 12.5. The molecule has 0 spiro atoms. The Kier molecular flexibility index (Phi) is 5.82. The van der Waals surface area contributed by atoms with Gasteiger partial charge in [0.05, 0.1) is 13.3 Å². The van der Waals surface area contributed by atoms with Crippen molar-refractivity contribution >= 4 is 23.8 Å². The van der Waals surface area contributed by atoms with Gasteiger partial charge >= 0.3 is 6.03 Å². The number of urea groups is 1.